The van der Waals surface area contributed by atoms with Crippen molar-refractivity contribution in [3.05, 3.63) is 0 Å². The van der Waals surface area contributed by atoms with Gasteiger partial charge in [-0.1, -0.05) is 0 Å². The highest BCUT2D eigenvalue weighted by molar-refractivity contribution is 6.49. The molecular weight excluding hydrogens is 258 g/mol. The van der Waals surface area contributed by atoms with E-state index < -0.39 is 37.1 Å². The summed E-state index contributed by atoms with van der Waals surface area (Å²) in [5.74, 6) is -10.0. The Bertz CT molecular complexity index is 410. The van der Waals surface area contributed by atoms with Crippen LogP contribution in [0.15, 0.2) is 0 Å². The minimum atomic E-state index is -3.55. The van der Waals surface area contributed by atoms with Crippen LogP contribution >= 0.6 is 0 Å². The van der Waals surface area contributed by atoms with Crippen LogP contribution in [0, 0.1) is 0 Å². The first kappa shape index (κ1) is 13.9. The Hall–Kier alpha value is -2.17. The molecule has 0 aromatic carbocycles. The van der Waals surface area contributed by atoms with E-state index in [2.05, 4.69) is 23.4 Å². The molecule has 0 aliphatic carbocycles. The van der Waals surface area contributed by atoms with Gasteiger partial charge in [0.1, 0.15) is 0 Å². The molecule has 1 aliphatic heterocycles. The van der Waals surface area contributed by atoms with Crippen LogP contribution in [0.25, 0.3) is 0 Å². The van der Waals surface area contributed by atoms with Crippen molar-refractivity contribution < 1.29 is 47.0 Å². The highest BCUT2D eigenvalue weighted by Gasteiger charge is 2.64. The van der Waals surface area contributed by atoms with Gasteiger partial charge in [-0.2, -0.15) is 4.39 Å². The molecule has 98 valence electrons. The molecule has 0 aromatic heterocycles. The Kier molecular flexibility index (Phi) is 3.86. The first-order valence-electron chi connectivity index (χ1n) is 4.30. The molecule has 1 rings (SSSR count). The molecule has 0 amide bonds. The van der Waals surface area contributed by atoms with Crippen molar-refractivity contribution in [1.82, 2.24) is 0 Å². The van der Waals surface area contributed by atoms with Crippen LogP contribution in [0.4, 0.5) is 4.39 Å². The van der Waals surface area contributed by atoms with Gasteiger partial charge in [0.05, 0.1) is 14.2 Å². The van der Waals surface area contributed by atoms with E-state index in [1.165, 1.54) is 0 Å². The third-order valence-electron chi connectivity index (χ3n) is 1.73. The molecule has 0 radical (unpaired) electrons. The van der Waals surface area contributed by atoms with Crippen molar-refractivity contribution in [3.63, 3.8) is 0 Å². The SMILES string of the molecule is COC(=O)C(=O)OB1OC(=O)C(F)(C(=O)OC)O1. The summed E-state index contributed by atoms with van der Waals surface area (Å²) in [6.45, 7) is 0. The van der Waals surface area contributed by atoms with Gasteiger partial charge < -0.3 is 23.4 Å². The molecule has 0 spiro atoms. The van der Waals surface area contributed by atoms with Gasteiger partial charge in [-0.15, -0.1) is 0 Å². The number of hydrogen-bond donors (Lipinski definition) is 0. The molecule has 11 heteroatoms. The quantitative estimate of drug-likeness (QED) is 0.244. The number of carbonyl (C=O) groups excluding carboxylic acids is 4. The zero-order valence-corrected chi connectivity index (χ0v) is 9.13. The van der Waals surface area contributed by atoms with Crippen LogP contribution in [0.2, 0.25) is 0 Å². The lowest BCUT2D eigenvalue weighted by molar-refractivity contribution is -0.183. The number of methoxy groups -OCH3 is 2. The van der Waals surface area contributed by atoms with E-state index in [9.17, 15) is 23.6 Å². The Labute approximate surface area is 99.2 Å². The Balaban J connectivity index is 2.70. The highest BCUT2D eigenvalue weighted by Crippen LogP contribution is 2.26. The predicted molar refractivity (Wildman–Crippen MR) is 46.9 cm³/mol. The summed E-state index contributed by atoms with van der Waals surface area (Å²) in [5, 5.41) is 0. The fourth-order valence-electron chi connectivity index (χ4n) is 0.898. The van der Waals surface area contributed by atoms with Crippen LogP contribution in [0.3, 0.4) is 0 Å². The molecule has 1 fully saturated rings. The summed E-state index contributed by atoms with van der Waals surface area (Å²) in [6.07, 6.45) is 0. The minimum Gasteiger partial charge on any atom is -0.469 e. The second-order valence-electron chi connectivity index (χ2n) is 2.80. The summed E-state index contributed by atoms with van der Waals surface area (Å²) in [4.78, 5) is 43.4. The van der Waals surface area contributed by atoms with E-state index in [1.807, 2.05) is 0 Å². The maximum atomic E-state index is 13.6. The summed E-state index contributed by atoms with van der Waals surface area (Å²) >= 11 is 0. The van der Waals surface area contributed by atoms with E-state index in [4.69, 9.17) is 0 Å². The zero-order chi connectivity index (χ0) is 13.9. The molecule has 9 nitrogen and oxygen atoms in total. The van der Waals surface area contributed by atoms with E-state index in [0.29, 0.717) is 0 Å². The normalized spacial score (nSPS) is 22.2. The van der Waals surface area contributed by atoms with Crippen molar-refractivity contribution in [3.8, 4) is 0 Å². The monoisotopic (exact) mass is 264 g/mol. The van der Waals surface area contributed by atoms with Gasteiger partial charge in [-0.05, 0) is 0 Å². The number of hydrogen-bond acceptors (Lipinski definition) is 9. The van der Waals surface area contributed by atoms with Gasteiger partial charge in [0.15, 0.2) is 0 Å². The Morgan fingerprint density at radius 2 is 1.83 bits per heavy atom. The zero-order valence-electron chi connectivity index (χ0n) is 9.13. The first-order chi connectivity index (χ1) is 8.35. The van der Waals surface area contributed by atoms with Gasteiger partial charge in [0.25, 0.3) is 0 Å². The number of alkyl halides is 1. The van der Waals surface area contributed by atoms with Gasteiger partial charge in [-0.3, -0.25) is 0 Å². The van der Waals surface area contributed by atoms with Crippen molar-refractivity contribution in [2.24, 2.45) is 0 Å². The molecule has 1 atom stereocenters. The van der Waals surface area contributed by atoms with Crippen LogP contribution in [0.1, 0.15) is 0 Å². The number of ether oxygens (including phenoxy) is 2. The summed E-state index contributed by atoms with van der Waals surface area (Å²) in [7, 11) is -0.499. The lowest BCUT2D eigenvalue weighted by Crippen LogP contribution is -2.42. The van der Waals surface area contributed by atoms with E-state index in [-0.39, 0.29) is 0 Å². The minimum absolute atomic E-state index is 0.800. The van der Waals surface area contributed by atoms with E-state index in [0.717, 1.165) is 14.2 Å². The second kappa shape index (κ2) is 5.00. The third-order valence-corrected chi connectivity index (χ3v) is 1.73. The summed E-state index contributed by atoms with van der Waals surface area (Å²) in [5.41, 5.74) is 0. The molecule has 0 bridgehead atoms. The summed E-state index contributed by atoms with van der Waals surface area (Å²) in [6, 6.07) is 0. The van der Waals surface area contributed by atoms with Crippen LogP contribution < -0.4 is 0 Å². The standard InChI is InChI=1S/C7H6BFO9/c1-14-3(10)4(11)16-8-17-6(13)7(9,18-8)5(12)15-2/h1-2H3. The van der Waals surface area contributed by atoms with Crippen molar-refractivity contribution in [2.45, 2.75) is 5.85 Å². The summed E-state index contributed by atoms with van der Waals surface area (Å²) < 4.78 is 33.8. The topological polar surface area (TPSA) is 114 Å². The largest absolute Gasteiger partial charge is 0.795 e. The second-order valence-corrected chi connectivity index (χ2v) is 2.80. The van der Waals surface area contributed by atoms with Crippen molar-refractivity contribution >= 4 is 31.2 Å². The lowest BCUT2D eigenvalue weighted by Gasteiger charge is -2.10. The number of carbonyl (C=O) groups is 4. The smallest absolute Gasteiger partial charge is 0.469 e. The molecule has 0 N–H and O–H groups in total. The molecule has 18 heavy (non-hydrogen) atoms. The predicted octanol–water partition coefficient (Wildman–Crippen LogP) is -1.90. The molecule has 1 unspecified atom stereocenters. The Morgan fingerprint density at radius 1 is 1.22 bits per heavy atom. The van der Waals surface area contributed by atoms with E-state index >= 15 is 0 Å². The van der Waals surface area contributed by atoms with Crippen molar-refractivity contribution in [1.29, 1.82) is 0 Å². The van der Waals surface area contributed by atoms with Crippen LogP contribution in [-0.2, 0) is 42.6 Å². The maximum absolute atomic E-state index is 13.6. The van der Waals surface area contributed by atoms with Gasteiger partial charge in [0.2, 0.25) is 0 Å². The maximum Gasteiger partial charge on any atom is 0.795 e. The average Bonchev–Trinajstić information content (AvgIpc) is 2.63. The fourth-order valence-corrected chi connectivity index (χ4v) is 0.898. The van der Waals surface area contributed by atoms with Crippen LogP contribution in [-0.4, -0.2) is 51.3 Å². The van der Waals surface area contributed by atoms with Gasteiger partial charge in [-0.25, -0.2) is 19.2 Å². The molecule has 0 aromatic rings. The first-order valence-corrected chi connectivity index (χ1v) is 4.30. The molecule has 1 saturated heterocycles. The third kappa shape index (κ3) is 2.40. The highest BCUT2D eigenvalue weighted by atomic mass is 19.2. The van der Waals surface area contributed by atoms with Crippen LogP contribution in [0.5, 0.6) is 0 Å². The molecular formula is C7H6BFO9. The molecule has 1 heterocycles. The number of esters is 2. The molecule has 1 aliphatic rings. The lowest BCUT2D eigenvalue weighted by atomic mass is 10.2. The van der Waals surface area contributed by atoms with Gasteiger partial charge in [0, 0.05) is 0 Å². The van der Waals surface area contributed by atoms with Crippen molar-refractivity contribution in [2.75, 3.05) is 14.2 Å². The average molecular weight is 264 g/mol. The number of rotatable bonds is 2. The van der Waals surface area contributed by atoms with Gasteiger partial charge >= 0.3 is 37.1 Å². The number of halogens is 1. The fraction of sp³-hybridized carbons (Fsp3) is 0.429. The molecule has 0 saturated carbocycles. The van der Waals surface area contributed by atoms with E-state index in [1.54, 1.807) is 0 Å². The Morgan fingerprint density at radius 3 is 2.33 bits per heavy atom.